The summed E-state index contributed by atoms with van der Waals surface area (Å²) in [6.07, 6.45) is 1.76. The third-order valence-electron chi connectivity index (χ3n) is 1.42. The van der Waals surface area contributed by atoms with E-state index in [2.05, 4.69) is 4.98 Å². The van der Waals surface area contributed by atoms with Gasteiger partial charge in [-0.3, -0.25) is 0 Å². The molecule has 88 valence electrons. The van der Waals surface area contributed by atoms with Gasteiger partial charge in [-0.15, -0.1) is 0 Å². The van der Waals surface area contributed by atoms with Gasteiger partial charge in [-0.2, -0.15) is 5.26 Å². The highest BCUT2D eigenvalue weighted by Crippen LogP contribution is 2.07. The van der Waals surface area contributed by atoms with Gasteiger partial charge in [0.2, 0.25) is 0 Å². The first-order valence-electron chi connectivity index (χ1n) is 4.20. The second kappa shape index (κ2) is 5.95. The van der Waals surface area contributed by atoms with Crippen LogP contribution in [0.5, 0.6) is 0 Å². The second-order valence-corrected chi connectivity index (χ2v) is 2.96. The average molecular weight is 235 g/mol. The molecule has 1 rings (SSSR count). The van der Waals surface area contributed by atoms with Crippen molar-refractivity contribution in [2.75, 3.05) is 19.0 Å². The molecule has 0 unspecified atom stereocenters. The van der Waals surface area contributed by atoms with E-state index in [4.69, 9.17) is 5.26 Å². The molecule has 1 aromatic heterocycles. The third-order valence-corrected chi connectivity index (χ3v) is 1.42. The van der Waals surface area contributed by atoms with Crippen LogP contribution in [0.3, 0.4) is 0 Å². The van der Waals surface area contributed by atoms with E-state index >= 15 is 0 Å². The summed E-state index contributed by atoms with van der Waals surface area (Å²) in [4.78, 5) is 4.78. The molecule has 16 heavy (non-hydrogen) atoms. The molecule has 3 nitrogen and oxygen atoms in total. The average Bonchev–Trinajstić information content (AvgIpc) is 2.15. The number of aromatic nitrogens is 1. The molecule has 1 N–H and O–H groups in total. The van der Waals surface area contributed by atoms with E-state index in [0.717, 1.165) is 5.69 Å². The standard InChI is InChI=1S/C8H9N3.BF4/c1-11(2)8-3-4-10-7(5-8)6-9;2-1(3,4)5/h3-5H,1-2H3;/q;-1/p+1. The molecule has 0 aliphatic carbocycles. The van der Waals surface area contributed by atoms with Gasteiger partial charge in [-0.05, 0) is 0 Å². The molecule has 0 fully saturated rings. The predicted molar refractivity (Wildman–Crippen MR) is 52.2 cm³/mol. The minimum Gasteiger partial charge on any atom is -0.418 e. The Bertz CT molecular complexity index is 366. The first-order chi connectivity index (χ1) is 7.24. The Labute approximate surface area is 90.4 Å². The number of H-pyrrole nitrogens is 1. The van der Waals surface area contributed by atoms with Crippen LogP contribution in [0.1, 0.15) is 5.69 Å². The van der Waals surface area contributed by atoms with E-state index in [1.165, 1.54) is 0 Å². The van der Waals surface area contributed by atoms with Crippen LogP contribution in [0.4, 0.5) is 23.0 Å². The van der Waals surface area contributed by atoms with Crippen LogP contribution < -0.4 is 9.88 Å². The zero-order valence-corrected chi connectivity index (χ0v) is 8.72. The molecule has 0 spiro atoms. The minimum absolute atomic E-state index is 0.580. The lowest BCUT2D eigenvalue weighted by Crippen LogP contribution is -2.13. The van der Waals surface area contributed by atoms with Gasteiger partial charge in [-0.1, -0.05) is 0 Å². The van der Waals surface area contributed by atoms with Gasteiger partial charge in [0.1, 0.15) is 0 Å². The van der Waals surface area contributed by atoms with Gasteiger partial charge in [-0.25, -0.2) is 4.98 Å². The Morgan fingerprint density at radius 1 is 1.31 bits per heavy atom. The Hall–Kier alpha value is -1.78. The first-order valence-corrected chi connectivity index (χ1v) is 4.20. The van der Waals surface area contributed by atoms with Crippen LogP contribution in [0.15, 0.2) is 18.3 Å². The highest BCUT2D eigenvalue weighted by atomic mass is 19.5. The number of anilines is 1. The van der Waals surface area contributed by atoms with Crippen molar-refractivity contribution in [3.8, 4) is 6.07 Å². The second-order valence-electron chi connectivity index (χ2n) is 2.96. The SMILES string of the molecule is CN(C)c1cc[nH+]c(C#N)c1.F[B-](F)(F)F. The van der Waals surface area contributed by atoms with Crippen LogP contribution in [-0.4, -0.2) is 21.3 Å². The highest BCUT2D eigenvalue weighted by molar-refractivity contribution is 6.50. The van der Waals surface area contributed by atoms with Crippen molar-refractivity contribution < 1.29 is 22.2 Å². The quantitative estimate of drug-likeness (QED) is 0.549. The summed E-state index contributed by atoms with van der Waals surface area (Å²) in [6.45, 7) is 0. The molecule has 0 bridgehead atoms. The molecule has 0 saturated carbocycles. The summed E-state index contributed by atoms with van der Waals surface area (Å²) in [5.41, 5.74) is 1.61. The van der Waals surface area contributed by atoms with Gasteiger partial charge >= 0.3 is 7.25 Å². The minimum atomic E-state index is -6.00. The van der Waals surface area contributed by atoms with E-state index in [-0.39, 0.29) is 0 Å². The summed E-state index contributed by atoms with van der Waals surface area (Å²) in [7, 11) is -2.12. The van der Waals surface area contributed by atoms with E-state index in [0.29, 0.717) is 5.69 Å². The first kappa shape index (κ1) is 14.2. The number of pyridine rings is 1. The molecule has 0 aromatic carbocycles. The van der Waals surface area contributed by atoms with E-state index in [1.54, 1.807) is 12.3 Å². The van der Waals surface area contributed by atoms with Gasteiger partial charge in [0.05, 0.1) is 0 Å². The lowest BCUT2D eigenvalue weighted by Gasteiger charge is -2.09. The molecule has 0 aliphatic rings. The van der Waals surface area contributed by atoms with E-state index in [9.17, 15) is 17.3 Å². The van der Waals surface area contributed by atoms with Crippen LogP contribution in [0, 0.1) is 11.3 Å². The molecule has 0 amide bonds. The maximum Gasteiger partial charge on any atom is 0.673 e. The summed E-state index contributed by atoms with van der Waals surface area (Å²) in [5.74, 6) is 0. The van der Waals surface area contributed by atoms with Crippen molar-refractivity contribution in [3.63, 3.8) is 0 Å². The Morgan fingerprint density at radius 2 is 1.81 bits per heavy atom. The van der Waals surface area contributed by atoms with Gasteiger partial charge in [0, 0.05) is 31.9 Å². The van der Waals surface area contributed by atoms with Crippen LogP contribution in [0.25, 0.3) is 0 Å². The molecule has 1 heterocycles. The van der Waals surface area contributed by atoms with Crippen molar-refractivity contribution in [2.24, 2.45) is 0 Å². The molecule has 0 saturated heterocycles. The summed E-state index contributed by atoms with van der Waals surface area (Å²) in [5, 5.41) is 8.54. The Balaban J connectivity index is 0.000000385. The van der Waals surface area contributed by atoms with Crippen molar-refractivity contribution in [1.29, 1.82) is 5.26 Å². The molecule has 0 radical (unpaired) electrons. The smallest absolute Gasteiger partial charge is 0.418 e. The zero-order valence-electron chi connectivity index (χ0n) is 8.72. The summed E-state index contributed by atoms with van der Waals surface area (Å²) < 4.78 is 39.0. The predicted octanol–water partition coefficient (Wildman–Crippen LogP) is 1.74. The Morgan fingerprint density at radius 3 is 2.19 bits per heavy atom. The summed E-state index contributed by atoms with van der Waals surface area (Å²) >= 11 is 0. The number of halogens is 4. The molecular weight excluding hydrogens is 225 g/mol. The number of nitrogens with zero attached hydrogens (tertiary/aromatic N) is 2. The lowest BCUT2D eigenvalue weighted by molar-refractivity contribution is -0.381. The molecule has 0 atom stereocenters. The van der Waals surface area contributed by atoms with Crippen molar-refractivity contribution in [1.82, 2.24) is 0 Å². The van der Waals surface area contributed by atoms with Crippen molar-refractivity contribution >= 4 is 12.9 Å². The molecule has 1 aromatic rings. The molecule has 0 aliphatic heterocycles. The monoisotopic (exact) mass is 235 g/mol. The van der Waals surface area contributed by atoms with Crippen LogP contribution in [-0.2, 0) is 0 Å². The fourth-order valence-electron chi connectivity index (χ4n) is 0.797. The normalized spacial score (nSPS) is 9.81. The maximum absolute atomic E-state index is 9.75. The summed E-state index contributed by atoms with van der Waals surface area (Å²) in [6, 6.07) is 5.76. The number of nitrogens with one attached hydrogen (secondary N) is 1. The number of hydrogen-bond acceptors (Lipinski definition) is 2. The maximum atomic E-state index is 9.75. The van der Waals surface area contributed by atoms with Gasteiger partial charge in [0.15, 0.2) is 12.3 Å². The van der Waals surface area contributed by atoms with Crippen LogP contribution in [0.2, 0.25) is 0 Å². The zero-order chi connectivity index (χ0) is 12.8. The number of rotatable bonds is 1. The largest absolute Gasteiger partial charge is 0.673 e. The topological polar surface area (TPSA) is 41.2 Å². The Kier molecular flexibility index (Phi) is 5.29. The van der Waals surface area contributed by atoms with Gasteiger partial charge in [0.25, 0.3) is 5.69 Å². The third kappa shape index (κ3) is 7.61. The van der Waals surface area contributed by atoms with Crippen molar-refractivity contribution in [2.45, 2.75) is 0 Å². The van der Waals surface area contributed by atoms with Gasteiger partial charge < -0.3 is 22.2 Å². The lowest BCUT2D eigenvalue weighted by atomic mass is 10.3. The van der Waals surface area contributed by atoms with E-state index < -0.39 is 7.25 Å². The number of nitriles is 1. The van der Waals surface area contributed by atoms with Crippen LogP contribution >= 0.6 is 0 Å². The number of hydrogen-bond donors (Lipinski definition) is 0. The fraction of sp³-hybridized carbons (Fsp3) is 0.250. The fourth-order valence-corrected chi connectivity index (χ4v) is 0.797. The van der Waals surface area contributed by atoms with Crippen molar-refractivity contribution in [3.05, 3.63) is 24.0 Å². The molecular formula is C8H10BF4N3. The molecule has 8 heteroatoms. The van der Waals surface area contributed by atoms with E-state index in [1.807, 2.05) is 31.1 Å². The highest BCUT2D eigenvalue weighted by Gasteiger charge is 2.20. The number of aromatic amines is 1.